The molecule has 1 heterocycles. The van der Waals surface area contributed by atoms with Gasteiger partial charge in [0.2, 0.25) is 5.95 Å². The van der Waals surface area contributed by atoms with Crippen molar-refractivity contribution in [3.8, 4) is 22.9 Å². The highest BCUT2D eigenvalue weighted by molar-refractivity contribution is 5.85. The molecule has 0 unspecified atom stereocenters. The molecule has 0 saturated carbocycles. The Kier molecular flexibility index (Phi) is 5.88. The Morgan fingerprint density at radius 2 is 1.60 bits per heavy atom. The fourth-order valence-electron chi connectivity index (χ4n) is 2.60. The highest BCUT2D eigenvalue weighted by Gasteiger charge is 2.17. The molecule has 0 amide bonds. The van der Waals surface area contributed by atoms with Crippen LogP contribution in [0.2, 0.25) is 0 Å². The van der Waals surface area contributed by atoms with Gasteiger partial charge in [0.25, 0.3) is 0 Å². The zero-order chi connectivity index (χ0) is 17.1. The summed E-state index contributed by atoms with van der Waals surface area (Å²) in [5, 5.41) is 8.68. The van der Waals surface area contributed by atoms with Crippen molar-refractivity contribution in [2.75, 3.05) is 26.2 Å². The van der Waals surface area contributed by atoms with Crippen molar-refractivity contribution in [3.63, 3.8) is 0 Å². The van der Waals surface area contributed by atoms with E-state index in [1.165, 1.54) is 0 Å². The Balaban J connectivity index is 0.00000225. The van der Waals surface area contributed by atoms with Crippen LogP contribution in [0.15, 0.2) is 48.5 Å². The first-order chi connectivity index (χ1) is 11.7. The predicted octanol–water partition coefficient (Wildman–Crippen LogP) is 3.69. The van der Waals surface area contributed by atoms with Crippen LogP contribution in [0.1, 0.15) is 0 Å². The van der Waals surface area contributed by atoms with Gasteiger partial charge in [0.05, 0.1) is 19.8 Å². The van der Waals surface area contributed by atoms with Crippen LogP contribution >= 0.6 is 12.4 Å². The van der Waals surface area contributed by atoms with Crippen LogP contribution < -0.4 is 14.4 Å². The molecule has 0 aliphatic heterocycles. The van der Waals surface area contributed by atoms with Gasteiger partial charge in [-0.15, -0.1) is 22.6 Å². The molecule has 0 atom stereocenters. The van der Waals surface area contributed by atoms with Crippen LogP contribution in [0.4, 0.5) is 11.6 Å². The number of benzene rings is 2. The molecule has 0 aliphatic rings. The molecule has 0 radical (unpaired) electrons. The number of para-hydroxylation sites is 1. The molecule has 132 valence electrons. The van der Waals surface area contributed by atoms with Gasteiger partial charge in [-0.25, -0.2) is 0 Å². The summed E-state index contributed by atoms with van der Waals surface area (Å²) < 4.78 is 12.6. The van der Waals surface area contributed by atoms with Crippen LogP contribution in [0.3, 0.4) is 0 Å². The van der Waals surface area contributed by atoms with E-state index in [0.717, 1.165) is 34.5 Å². The number of anilines is 2. The van der Waals surface area contributed by atoms with Gasteiger partial charge in [-0.3, -0.25) is 4.57 Å². The maximum absolute atomic E-state index is 5.43. The Bertz CT molecular complexity index is 833. The number of ether oxygens (including phenoxy) is 2. The minimum atomic E-state index is 0. The molecule has 3 aromatic rings. The van der Waals surface area contributed by atoms with Crippen LogP contribution in [0.25, 0.3) is 11.4 Å². The molecule has 0 aliphatic carbocycles. The van der Waals surface area contributed by atoms with Gasteiger partial charge in [0, 0.05) is 19.8 Å². The highest BCUT2D eigenvalue weighted by Crippen LogP contribution is 2.31. The van der Waals surface area contributed by atoms with E-state index in [1.54, 1.807) is 14.2 Å². The zero-order valence-electron chi connectivity index (χ0n) is 14.6. The van der Waals surface area contributed by atoms with Gasteiger partial charge < -0.3 is 14.4 Å². The van der Waals surface area contributed by atoms with E-state index in [4.69, 9.17) is 9.47 Å². The van der Waals surface area contributed by atoms with Crippen molar-refractivity contribution in [1.82, 2.24) is 14.8 Å². The van der Waals surface area contributed by atoms with Crippen LogP contribution in [0, 0.1) is 0 Å². The number of halogens is 1. The summed E-state index contributed by atoms with van der Waals surface area (Å²) in [5.74, 6) is 3.08. The summed E-state index contributed by atoms with van der Waals surface area (Å²) in [5.41, 5.74) is 1.90. The first-order valence-electron chi connectivity index (χ1n) is 7.56. The van der Waals surface area contributed by atoms with Crippen molar-refractivity contribution in [2.45, 2.75) is 0 Å². The quantitative estimate of drug-likeness (QED) is 0.694. The summed E-state index contributed by atoms with van der Waals surface area (Å²) in [6.07, 6.45) is 0. The molecule has 0 spiro atoms. The first-order valence-corrected chi connectivity index (χ1v) is 7.56. The molecule has 7 heteroatoms. The van der Waals surface area contributed by atoms with Crippen molar-refractivity contribution in [3.05, 3.63) is 48.5 Å². The normalized spacial score (nSPS) is 10.1. The monoisotopic (exact) mass is 360 g/mol. The Morgan fingerprint density at radius 3 is 2.24 bits per heavy atom. The van der Waals surface area contributed by atoms with E-state index in [0.29, 0.717) is 0 Å². The third-order valence-corrected chi connectivity index (χ3v) is 3.96. The summed E-state index contributed by atoms with van der Waals surface area (Å²) in [6, 6.07) is 15.6. The second-order valence-corrected chi connectivity index (χ2v) is 5.34. The van der Waals surface area contributed by atoms with Gasteiger partial charge >= 0.3 is 0 Å². The maximum Gasteiger partial charge on any atom is 0.231 e. The number of methoxy groups -OCH3 is 2. The molecule has 3 rings (SSSR count). The molecule has 1 aromatic heterocycles. The van der Waals surface area contributed by atoms with Crippen molar-refractivity contribution in [2.24, 2.45) is 7.05 Å². The molecule has 0 N–H and O–H groups in total. The topological polar surface area (TPSA) is 52.4 Å². The fraction of sp³-hybridized carbons (Fsp3) is 0.222. The molecular formula is C18H21ClN4O2. The van der Waals surface area contributed by atoms with E-state index in [-0.39, 0.29) is 12.4 Å². The van der Waals surface area contributed by atoms with E-state index in [1.807, 2.05) is 72.1 Å². The molecule has 25 heavy (non-hydrogen) atoms. The van der Waals surface area contributed by atoms with Crippen LogP contribution in [-0.4, -0.2) is 36.0 Å². The SMILES string of the molecule is COc1ccc(N(C)c2nnc(-c3ccccc3OC)n2C)cc1.Cl. The van der Waals surface area contributed by atoms with Crippen LogP contribution in [-0.2, 0) is 7.05 Å². The van der Waals surface area contributed by atoms with E-state index < -0.39 is 0 Å². The van der Waals surface area contributed by atoms with Gasteiger partial charge in [-0.2, -0.15) is 0 Å². The summed E-state index contributed by atoms with van der Waals surface area (Å²) in [7, 11) is 7.20. The first kappa shape index (κ1) is 18.6. The number of hydrogen-bond donors (Lipinski definition) is 0. The molecule has 2 aromatic carbocycles. The van der Waals surface area contributed by atoms with Crippen molar-refractivity contribution >= 4 is 24.0 Å². The van der Waals surface area contributed by atoms with Gasteiger partial charge in [0.1, 0.15) is 11.5 Å². The fourth-order valence-corrected chi connectivity index (χ4v) is 2.60. The molecular weight excluding hydrogens is 340 g/mol. The smallest absolute Gasteiger partial charge is 0.231 e. The van der Waals surface area contributed by atoms with Gasteiger partial charge in [-0.05, 0) is 36.4 Å². The Morgan fingerprint density at radius 1 is 0.920 bits per heavy atom. The largest absolute Gasteiger partial charge is 0.497 e. The van der Waals surface area contributed by atoms with Crippen LogP contribution in [0.5, 0.6) is 11.5 Å². The Labute approximate surface area is 153 Å². The van der Waals surface area contributed by atoms with Gasteiger partial charge in [-0.1, -0.05) is 12.1 Å². The third-order valence-electron chi connectivity index (χ3n) is 3.96. The van der Waals surface area contributed by atoms with E-state index in [2.05, 4.69) is 10.2 Å². The molecule has 0 saturated heterocycles. The van der Waals surface area contributed by atoms with Crippen molar-refractivity contribution in [1.29, 1.82) is 0 Å². The number of rotatable bonds is 5. The minimum Gasteiger partial charge on any atom is -0.497 e. The Hall–Kier alpha value is -2.73. The lowest BCUT2D eigenvalue weighted by atomic mass is 10.2. The van der Waals surface area contributed by atoms with E-state index in [9.17, 15) is 0 Å². The lowest BCUT2D eigenvalue weighted by Gasteiger charge is -2.18. The van der Waals surface area contributed by atoms with Crippen molar-refractivity contribution < 1.29 is 9.47 Å². The number of nitrogens with zero attached hydrogens (tertiary/aromatic N) is 4. The maximum atomic E-state index is 5.43. The lowest BCUT2D eigenvalue weighted by molar-refractivity contribution is 0.415. The molecule has 6 nitrogen and oxygen atoms in total. The average molecular weight is 361 g/mol. The van der Waals surface area contributed by atoms with Gasteiger partial charge in [0.15, 0.2) is 5.82 Å². The minimum absolute atomic E-state index is 0. The standard InChI is InChI=1S/C18H20N4O2.ClH/c1-21(13-9-11-14(23-3)12-10-13)18-20-19-17(22(18)2)15-7-5-6-8-16(15)24-4;/h5-12H,1-4H3;1H. The second-order valence-electron chi connectivity index (χ2n) is 5.34. The van der Waals surface area contributed by atoms with E-state index >= 15 is 0 Å². The molecule has 0 bridgehead atoms. The summed E-state index contributed by atoms with van der Waals surface area (Å²) in [6.45, 7) is 0. The lowest BCUT2D eigenvalue weighted by Crippen LogP contribution is -2.14. The zero-order valence-corrected chi connectivity index (χ0v) is 15.4. The predicted molar refractivity (Wildman–Crippen MR) is 101 cm³/mol. The number of hydrogen-bond acceptors (Lipinski definition) is 5. The molecule has 0 fully saturated rings. The summed E-state index contributed by atoms with van der Waals surface area (Å²) >= 11 is 0. The second kappa shape index (κ2) is 7.90. The average Bonchev–Trinajstić information content (AvgIpc) is 3.02. The number of aromatic nitrogens is 3. The highest BCUT2D eigenvalue weighted by atomic mass is 35.5. The third kappa shape index (κ3) is 3.53. The summed E-state index contributed by atoms with van der Waals surface area (Å²) in [4.78, 5) is 1.98.